The van der Waals surface area contributed by atoms with Crippen molar-refractivity contribution in [3.8, 4) is 0 Å². The van der Waals surface area contributed by atoms with Crippen LogP contribution in [0.2, 0.25) is 0 Å². The van der Waals surface area contributed by atoms with Crippen molar-refractivity contribution in [3.63, 3.8) is 0 Å². The fourth-order valence-electron chi connectivity index (χ4n) is 1.88. The quantitative estimate of drug-likeness (QED) is 0.667. The summed E-state index contributed by atoms with van der Waals surface area (Å²) in [5.74, 6) is 0.100. The predicted octanol–water partition coefficient (Wildman–Crippen LogP) is 0.278. The van der Waals surface area contributed by atoms with E-state index >= 15 is 0 Å². The van der Waals surface area contributed by atoms with Crippen molar-refractivity contribution >= 4 is 28.9 Å². The third kappa shape index (κ3) is 2.51. The fourth-order valence-corrected chi connectivity index (χ4v) is 2.15. The highest BCUT2D eigenvalue weighted by Crippen LogP contribution is 2.18. The van der Waals surface area contributed by atoms with E-state index in [2.05, 4.69) is 15.7 Å². The lowest BCUT2D eigenvalue weighted by molar-refractivity contribution is -0.118. The van der Waals surface area contributed by atoms with E-state index in [9.17, 15) is 4.79 Å². The summed E-state index contributed by atoms with van der Waals surface area (Å²) in [5.41, 5.74) is 5.55. The highest BCUT2D eigenvalue weighted by molar-refractivity contribution is 7.80. The van der Waals surface area contributed by atoms with Gasteiger partial charge in [-0.25, -0.2) is 4.68 Å². The number of hydrogen-bond acceptors (Lipinski definition) is 4. The topological polar surface area (TPSA) is 85.0 Å². The molecule has 1 unspecified atom stereocenters. The lowest BCUT2D eigenvalue weighted by atomic mass is 10.1. The number of hydrogen-bond donors (Lipinski definition) is 3. The molecule has 1 aliphatic heterocycles. The lowest BCUT2D eigenvalue weighted by Gasteiger charge is -2.29. The Balaban J connectivity index is 2.06. The first-order valence-electron chi connectivity index (χ1n) is 5.98. The molecule has 1 saturated heterocycles. The van der Waals surface area contributed by atoms with Gasteiger partial charge in [0.15, 0.2) is 0 Å². The molecule has 7 heteroatoms. The molecule has 1 aromatic heterocycles. The van der Waals surface area contributed by atoms with E-state index in [0.717, 1.165) is 13.1 Å². The maximum Gasteiger partial charge on any atom is 0.235 e. The molecular formula is C11H17N5OS. The average molecular weight is 267 g/mol. The number of nitrogens with zero attached hydrogens (tertiary/aromatic N) is 2. The van der Waals surface area contributed by atoms with E-state index in [4.69, 9.17) is 18.0 Å². The summed E-state index contributed by atoms with van der Waals surface area (Å²) < 4.78 is 1.82. The summed E-state index contributed by atoms with van der Waals surface area (Å²) in [6.07, 6.45) is 2.27. The number of anilines is 1. The Bertz CT molecular complexity index is 454. The summed E-state index contributed by atoms with van der Waals surface area (Å²) in [6, 6.07) is 2.09. The third-order valence-electron chi connectivity index (χ3n) is 3.10. The lowest BCUT2D eigenvalue weighted by Crippen LogP contribution is -2.44. The van der Waals surface area contributed by atoms with E-state index in [-0.39, 0.29) is 10.9 Å². The first-order valence-corrected chi connectivity index (χ1v) is 6.38. The number of amides is 1. The summed E-state index contributed by atoms with van der Waals surface area (Å²) in [6.45, 7) is 3.63. The Hall–Kier alpha value is -1.47. The molecule has 0 radical (unpaired) electrons. The SMILES string of the molecule is CCC(C(=O)Nc1ccnn1C1CNC1)C(N)=S. The summed E-state index contributed by atoms with van der Waals surface area (Å²) in [4.78, 5) is 12.3. The maximum atomic E-state index is 12.0. The van der Waals surface area contributed by atoms with E-state index < -0.39 is 5.92 Å². The molecule has 18 heavy (non-hydrogen) atoms. The molecule has 2 rings (SSSR count). The average Bonchev–Trinajstić information content (AvgIpc) is 2.64. The molecule has 6 nitrogen and oxygen atoms in total. The van der Waals surface area contributed by atoms with Crippen LogP contribution in [0.25, 0.3) is 0 Å². The van der Waals surface area contributed by atoms with E-state index in [0.29, 0.717) is 18.3 Å². The summed E-state index contributed by atoms with van der Waals surface area (Å²) >= 11 is 4.89. The first-order chi connectivity index (χ1) is 8.63. The minimum Gasteiger partial charge on any atom is -0.393 e. The molecule has 1 aromatic rings. The zero-order valence-corrected chi connectivity index (χ0v) is 11.0. The zero-order chi connectivity index (χ0) is 13.1. The third-order valence-corrected chi connectivity index (χ3v) is 3.38. The van der Waals surface area contributed by atoms with Gasteiger partial charge < -0.3 is 16.4 Å². The standard InChI is InChI=1S/C11H17N5OS/c1-2-8(10(12)18)11(17)15-9-3-4-14-16(9)7-5-13-6-7/h3-4,7-8,13H,2,5-6H2,1H3,(H2,12,18)(H,15,17). The Morgan fingerprint density at radius 2 is 2.50 bits per heavy atom. The Morgan fingerprint density at radius 1 is 1.78 bits per heavy atom. The number of thiocarbonyl (C=S) groups is 1. The van der Waals surface area contributed by atoms with Gasteiger partial charge in [0.2, 0.25) is 5.91 Å². The minimum atomic E-state index is -0.428. The number of aromatic nitrogens is 2. The first kappa shape index (κ1) is 13.0. The van der Waals surface area contributed by atoms with Crippen LogP contribution >= 0.6 is 12.2 Å². The molecular weight excluding hydrogens is 250 g/mol. The highest BCUT2D eigenvalue weighted by Gasteiger charge is 2.24. The van der Waals surface area contributed by atoms with Gasteiger partial charge in [-0.3, -0.25) is 4.79 Å². The molecule has 0 saturated carbocycles. The number of nitrogens with two attached hydrogens (primary N) is 1. The van der Waals surface area contributed by atoms with Gasteiger partial charge in [-0.15, -0.1) is 0 Å². The zero-order valence-electron chi connectivity index (χ0n) is 10.2. The molecule has 1 amide bonds. The van der Waals surface area contributed by atoms with Gasteiger partial charge in [-0.05, 0) is 6.42 Å². The Morgan fingerprint density at radius 3 is 3.00 bits per heavy atom. The van der Waals surface area contributed by atoms with E-state index in [1.165, 1.54) is 0 Å². The van der Waals surface area contributed by atoms with Gasteiger partial charge in [0.1, 0.15) is 5.82 Å². The molecule has 1 aliphatic rings. The molecule has 0 spiro atoms. The second kappa shape index (κ2) is 5.45. The van der Waals surface area contributed by atoms with Gasteiger partial charge in [0.25, 0.3) is 0 Å². The number of carbonyl (C=O) groups excluding carboxylic acids is 1. The monoisotopic (exact) mass is 267 g/mol. The number of carbonyl (C=O) groups is 1. The van der Waals surface area contributed by atoms with E-state index in [1.807, 2.05) is 11.6 Å². The molecule has 0 aromatic carbocycles. The Labute approximate surface area is 111 Å². The minimum absolute atomic E-state index is 0.168. The van der Waals surface area contributed by atoms with E-state index in [1.54, 1.807) is 12.3 Å². The molecule has 1 fully saturated rings. The van der Waals surface area contributed by atoms with Crippen LogP contribution in [-0.2, 0) is 4.79 Å². The van der Waals surface area contributed by atoms with Crippen LogP contribution in [0.15, 0.2) is 12.3 Å². The largest absolute Gasteiger partial charge is 0.393 e. The normalized spacial score (nSPS) is 16.9. The highest BCUT2D eigenvalue weighted by atomic mass is 32.1. The fraction of sp³-hybridized carbons (Fsp3) is 0.545. The van der Waals surface area contributed by atoms with Gasteiger partial charge in [0, 0.05) is 19.2 Å². The van der Waals surface area contributed by atoms with Crippen LogP contribution < -0.4 is 16.4 Å². The van der Waals surface area contributed by atoms with Gasteiger partial charge in [-0.1, -0.05) is 19.1 Å². The molecule has 4 N–H and O–H groups in total. The Kier molecular flexibility index (Phi) is 3.93. The second-order valence-electron chi connectivity index (χ2n) is 4.33. The maximum absolute atomic E-state index is 12.0. The van der Waals surface area contributed by atoms with Crippen LogP contribution in [0, 0.1) is 5.92 Å². The summed E-state index contributed by atoms with van der Waals surface area (Å²) in [5, 5.41) is 10.2. The smallest absolute Gasteiger partial charge is 0.235 e. The van der Waals surface area contributed by atoms with Crippen molar-refractivity contribution in [2.24, 2.45) is 11.7 Å². The van der Waals surface area contributed by atoms with Crippen molar-refractivity contribution in [1.82, 2.24) is 15.1 Å². The van der Waals surface area contributed by atoms with Crippen LogP contribution in [-0.4, -0.2) is 33.8 Å². The van der Waals surface area contributed by atoms with Gasteiger partial charge in [-0.2, -0.15) is 5.10 Å². The molecule has 0 bridgehead atoms. The summed E-state index contributed by atoms with van der Waals surface area (Å²) in [7, 11) is 0. The number of rotatable bonds is 5. The van der Waals surface area contributed by atoms with Gasteiger partial charge >= 0.3 is 0 Å². The van der Waals surface area contributed by atoms with Gasteiger partial charge in [0.05, 0.1) is 23.1 Å². The van der Waals surface area contributed by atoms with Crippen LogP contribution in [0.3, 0.4) is 0 Å². The van der Waals surface area contributed by atoms with Crippen molar-refractivity contribution < 1.29 is 4.79 Å². The van der Waals surface area contributed by atoms with Crippen LogP contribution in [0.4, 0.5) is 5.82 Å². The number of nitrogens with one attached hydrogen (secondary N) is 2. The van der Waals surface area contributed by atoms with Crippen molar-refractivity contribution in [3.05, 3.63) is 12.3 Å². The predicted molar refractivity (Wildman–Crippen MR) is 73.3 cm³/mol. The van der Waals surface area contributed by atoms with Crippen LogP contribution in [0.1, 0.15) is 19.4 Å². The molecule has 1 atom stereocenters. The van der Waals surface area contributed by atoms with Crippen molar-refractivity contribution in [1.29, 1.82) is 0 Å². The van der Waals surface area contributed by atoms with Crippen molar-refractivity contribution in [2.45, 2.75) is 19.4 Å². The van der Waals surface area contributed by atoms with Crippen LogP contribution in [0.5, 0.6) is 0 Å². The second-order valence-corrected chi connectivity index (χ2v) is 4.80. The van der Waals surface area contributed by atoms with Crippen molar-refractivity contribution in [2.75, 3.05) is 18.4 Å². The molecule has 0 aliphatic carbocycles. The molecule has 98 valence electrons. The molecule has 2 heterocycles.